The molecule has 1 aromatic carbocycles. The van der Waals surface area contributed by atoms with E-state index in [0.717, 1.165) is 5.56 Å². The van der Waals surface area contributed by atoms with Gasteiger partial charge in [-0.2, -0.15) is 5.10 Å². The molecule has 4 nitrogen and oxygen atoms in total. The first-order valence-electron chi connectivity index (χ1n) is 5.69. The van der Waals surface area contributed by atoms with Crippen LogP contribution in [0.25, 0.3) is 0 Å². The molecule has 0 aliphatic rings. The first kappa shape index (κ1) is 14.4. The third kappa shape index (κ3) is 5.14. The minimum Gasteiger partial charge on any atom is -0.507 e. The third-order valence-corrected chi connectivity index (χ3v) is 2.23. The number of phenolic OH excluding ortho intramolecular Hbond substituents is 1. The molecule has 3 N–H and O–H groups in total. The highest BCUT2D eigenvalue weighted by molar-refractivity contribution is 7.80. The average molecular weight is 265 g/mol. The van der Waals surface area contributed by atoms with Crippen molar-refractivity contribution in [1.29, 1.82) is 0 Å². The fourth-order valence-electron chi connectivity index (χ4n) is 1.31. The Morgan fingerprint density at radius 3 is 2.67 bits per heavy atom. The van der Waals surface area contributed by atoms with Crippen molar-refractivity contribution in [2.45, 2.75) is 33.2 Å². The Hall–Kier alpha value is -1.62. The Morgan fingerprint density at radius 2 is 2.06 bits per heavy atom. The van der Waals surface area contributed by atoms with Crippen molar-refractivity contribution in [2.24, 2.45) is 5.10 Å². The summed E-state index contributed by atoms with van der Waals surface area (Å²) in [6.45, 7) is 7.99. The van der Waals surface area contributed by atoms with E-state index in [2.05, 4.69) is 15.8 Å². The molecule has 98 valence electrons. The van der Waals surface area contributed by atoms with Crippen LogP contribution in [-0.2, 0) is 0 Å². The molecule has 0 bridgehead atoms. The van der Waals surface area contributed by atoms with Gasteiger partial charge >= 0.3 is 0 Å². The molecular formula is C13H19N3OS. The van der Waals surface area contributed by atoms with Gasteiger partial charge in [-0.05, 0) is 52.0 Å². The number of hydrogen-bond donors (Lipinski definition) is 3. The number of benzene rings is 1. The summed E-state index contributed by atoms with van der Waals surface area (Å²) in [4.78, 5) is 0. The molecule has 0 radical (unpaired) electrons. The van der Waals surface area contributed by atoms with Crippen LogP contribution in [0.5, 0.6) is 5.75 Å². The highest BCUT2D eigenvalue weighted by Crippen LogP contribution is 2.15. The zero-order valence-corrected chi connectivity index (χ0v) is 11.9. The number of nitrogens with zero attached hydrogens (tertiary/aromatic N) is 1. The molecule has 18 heavy (non-hydrogen) atoms. The lowest BCUT2D eigenvalue weighted by Crippen LogP contribution is -2.44. The van der Waals surface area contributed by atoms with Gasteiger partial charge in [0.2, 0.25) is 0 Å². The number of rotatable bonds is 2. The maximum absolute atomic E-state index is 9.62. The second-order valence-electron chi connectivity index (χ2n) is 5.14. The van der Waals surface area contributed by atoms with Crippen LogP contribution < -0.4 is 10.7 Å². The van der Waals surface area contributed by atoms with E-state index in [1.807, 2.05) is 39.8 Å². The van der Waals surface area contributed by atoms with Crippen molar-refractivity contribution in [3.8, 4) is 5.75 Å². The molecule has 1 aromatic rings. The van der Waals surface area contributed by atoms with Gasteiger partial charge in [-0.15, -0.1) is 0 Å². The lowest BCUT2D eigenvalue weighted by Gasteiger charge is -2.21. The van der Waals surface area contributed by atoms with Crippen molar-refractivity contribution in [1.82, 2.24) is 10.7 Å². The fraction of sp³-hybridized carbons (Fsp3) is 0.385. The van der Waals surface area contributed by atoms with E-state index in [4.69, 9.17) is 12.2 Å². The number of aromatic hydroxyl groups is 1. The van der Waals surface area contributed by atoms with Gasteiger partial charge in [-0.25, -0.2) is 0 Å². The third-order valence-electron chi connectivity index (χ3n) is 2.04. The van der Waals surface area contributed by atoms with Gasteiger partial charge in [-0.3, -0.25) is 5.43 Å². The van der Waals surface area contributed by atoms with E-state index < -0.39 is 0 Å². The molecule has 0 unspecified atom stereocenters. The largest absolute Gasteiger partial charge is 0.507 e. The minimum atomic E-state index is -0.106. The predicted octanol–water partition coefficient (Wildman–Crippen LogP) is 2.30. The summed E-state index contributed by atoms with van der Waals surface area (Å²) >= 11 is 5.08. The van der Waals surface area contributed by atoms with E-state index in [0.29, 0.717) is 10.7 Å². The van der Waals surface area contributed by atoms with Crippen LogP contribution in [0.1, 0.15) is 31.9 Å². The van der Waals surface area contributed by atoms with Crippen molar-refractivity contribution in [3.63, 3.8) is 0 Å². The quantitative estimate of drug-likeness (QED) is 0.436. The summed E-state index contributed by atoms with van der Waals surface area (Å²) in [5.41, 5.74) is 4.32. The second kappa shape index (κ2) is 5.82. The van der Waals surface area contributed by atoms with Crippen LogP contribution in [-0.4, -0.2) is 22.0 Å². The zero-order chi connectivity index (χ0) is 13.8. The van der Waals surface area contributed by atoms with Crippen molar-refractivity contribution in [3.05, 3.63) is 29.3 Å². The van der Waals surface area contributed by atoms with Crippen LogP contribution in [0.4, 0.5) is 0 Å². The molecular weight excluding hydrogens is 246 g/mol. The van der Waals surface area contributed by atoms with Gasteiger partial charge < -0.3 is 10.4 Å². The molecule has 0 atom stereocenters. The maximum Gasteiger partial charge on any atom is 0.187 e. The van der Waals surface area contributed by atoms with Crippen LogP contribution >= 0.6 is 12.2 Å². The SMILES string of the molecule is Cc1ccc(O)c(C=NNC(=S)NC(C)(C)C)c1. The Labute approximate surface area is 113 Å². The molecule has 0 saturated carbocycles. The number of aryl methyl sites for hydroxylation is 1. The maximum atomic E-state index is 9.62. The monoisotopic (exact) mass is 265 g/mol. The summed E-state index contributed by atoms with van der Waals surface area (Å²) in [5, 5.41) is 17.1. The summed E-state index contributed by atoms with van der Waals surface area (Å²) in [6.07, 6.45) is 1.54. The molecule has 0 aromatic heterocycles. The first-order chi connectivity index (χ1) is 8.28. The molecule has 1 rings (SSSR count). The normalized spacial score (nSPS) is 11.6. The van der Waals surface area contributed by atoms with Gasteiger partial charge in [0.25, 0.3) is 0 Å². The minimum absolute atomic E-state index is 0.106. The van der Waals surface area contributed by atoms with Gasteiger partial charge in [0.1, 0.15) is 5.75 Å². The number of hydrazone groups is 1. The van der Waals surface area contributed by atoms with Crippen LogP contribution in [0.3, 0.4) is 0 Å². The standard InChI is InChI=1S/C13H19N3OS/c1-9-5-6-11(17)10(7-9)8-14-16-12(18)15-13(2,3)4/h5-8,17H,1-4H3,(H2,15,16,18). The van der Waals surface area contributed by atoms with Crippen LogP contribution in [0, 0.1) is 6.92 Å². The lowest BCUT2D eigenvalue weighted by molar-refractivity contribution is 0.474. The highest BCUT2D eigenvalue weighted by atomic mass is 32.1. The van der Waals surface area contributed by atoms with Gasteiger partial charge in [0.05, 0.1) is 6.21 Å². The summed E-state index contributed by atoms with van der Waals surface area (Å²) in [6, 6.07) is 5.33. The van der Waals surface area contributed by atoms with Gasteiger partial charge in [0.15, 0.2) is 5.11 Å². The van der Waals surface area contributed by atoms with Crippen molar-refractivity contribution in [2.75, 3.05) is 0 Å². The number of phenols is 1. The predicted molar refractivity (Wildman–Crippen MR) is 79.1 cm³/mol. The second-order valence-corrected chi connectivity index (χ2v) is 5.54. The summed E-state index contributed by atoms with van der Waals surface area (Å²) in [7, 11) is 0. The Morgan fingerprint density at radius 1 is 1.39 bits per heavy atom. The summed E-state index contributed by atoms with van der Waals surface area (Å²) < 4.78 is 0. The van der Waals surface area contributed by atoms with E-state index >= 15 is 0 Å². The molecule has 0 fully saturated rings. The number of nitrogens with one attached hydrogen (secondary N) is 2. The van der Waals surface area contributed by atoms with Crippen LogP contribution in [0.15, 0.2) is 23.3 Å². The first-order valence-corrected chi connectivity index (χ1v) is 6.09. The van der Waals surface area contributed by atoms with Gasteiger partial charge in [0, 0.05) is 11.1 Å². The molecule has 0 saturated heterocycles. The Kier molecular flexibility index (Phi) is 4.67. The molecule has 5 heteroatoms. The molecule has 0 heterocycles. The van der Waals surface area contributed by atoms with Crippen LogP contribution in [0.2, 0.25) is 0 Å². The Bertz CT molecular complexity index is 464. The highest BCUT2D eigenvalue weighted by Gasteiger charge is 2.09. The molecule has 0 aliphatic carbocycles. The topological polar surface area (TPSA) is 56.7 Å². The van der Waals surface area contributed by atoms with Crippen molar-refractivity contribution < 1.29 is 5.11 Å². The lowest BCUT2D eigenvalue weighted by atomic mass is 10.1. The zero-order valence-electron chi connectivity index (χ0n) is 11.1. The number of thiocarbonyl (C=S) groups is 1. The smallest absolute Gasteiger partial charge is 0.187 e. The Balaban J connectivity index is 2.60. The van der Waals surface area contributed by atoms with E-state index in [-0.39, 0.29) is 11.3 Å². The fourth-order valence-corrected chi connectivity index (χ4v) is 1.67. The molecule has 0 amide bonds. The van der Waals surface area contributed by atoms with Crippen molar-refractivity contribution >= 4 is 23.5 Å². The van der Waals surface area contributed by atoms with E-state index in [1.165, 1.54) is 0 Å². The van der Waals surface area contributed by atoms with Gasteiger partial charge in [-0.1, -0.05) is 11.6 Å². The summed E-state index contributed by atoms with van der Waals surface area (Å²) in [5.74, 6) is 0.195. The number of hydrogen-bond acceptors (Lipinski definition) is 3. The van der Waals surface area contributed by atoms with E-state index in [1.54, 1.807) is 12.3 Å². The average Bonchev–Trinajstić information content (AvgIpc) is 2.20. The molecule has 0 spiro atoms. The van der Waals surface area contributed by atoms with E-state index in [9.17, 15) is 5.11 Å². The molecule has 0 aliphatic heterocycles.